The minimum absolute atomic E-state index is 0.767. The third-order valence-corrected chi connectivity index (χ3v) is 3.21. The van der Waals surface area contributed by atoms with Crippen LogP contribution < -0.4 is 0 Å². The molecule has 15 heavy (non-hydrogen) atoms. The number of imidazole rings is 1. The number of hydrogen-bond acceptors (Lipinski definition) is 1. The van der Waals surface area contributed by atoms with Crippen LogP contribution in [0.1, 0.15) is 11.3 Å². The van der Waals surface area contributed by atoms with Gasteiger partial charge in [-0.2, -0.15) is 0 Å². The van der Waals surface area contributed by atoms with Crippen molar-refractivity contribution in [1.82, 2.24) is 9.55 Å². The van der Waals surface area contributed by atoms with Gasteiger partial charge in [-0.15, -0.1) is 0 Å². The number of rotatable bonds is 2. The number of halogens is 2. The van der Waals surface area contributed by atoms with E-state index in [1.165, 1.54) is 5.56 Å². The molecule has 0 saturated heterocycles. The summed E-state index contributed by atoms with van der Waals surface area (Å²) in [5, 5.41) is 0.767. The minimum Gasteiger partial charge on any atom is -0.336 e. The van der Waals surface area contributed by atoms with Crippen LogP contribution in [0, 0.1) is 0 Å². The Balaban J connectivity index is 2.25. The monoisotopic (exact) mass is 284 g/mol. The Morgan fingerprint density at radius 2 is 2.00 bits per heavy atom. The van der Waals surface area contributed by atoms with E-state index in [1.807, 2.05) is 35.9 Å². The maximum absolute atomic E-state index is 5.83. The molecule has 0 fully saturated rings. The van der Waals surface area contributed by atoms with Crippen LogP contribution in [0.15, 0.2) is 35.2 Å². The Labute approximate surface area is 102 Å². The fourth-order valence-corrected chi connectivity index (χ4v) is 2.06. The summed E-state index contributed by atoms with van der Waals surface area (Å²) in [5.74, 6) is 0. The molecule has 1 aromatic carbocycles. The van der Waals surface area contributed by atoms with E-state index in [0.717, 1.165) is 21.7 Å². The maximum atomic E-state index is 5.83. The molecule has 0 unspecified atom stereocenters. The predicted octanol–water partition coefficient (Wildman–Crippen LogP) is 3.43. The fourth-order valence-electron chi connectivity index (χ4n) is 1.42. The fraction of sp³-hybridized carbons (Fsp3) is 0.182. The molecular weight excluding hydrogens is 275 g/mol. The smallest absolute Gasteiger partial charge is 0.127 e. The number of nitrogens with zero attached hydrogens (tertiary/aromatic N) is 2. The predicted molar refractivity (Wildman–Crippen MR) is 65.2 cm³/mol. The molecule has 2 rings (SSSR count). The van der Waals surface area contributed by atoms with Crippen LogP contribution >= 0.6 is 27.5 Å². The number of aryl methyl sites for hydroxylation is 1. The Bertz CT molecular complexity index is 442. The highest BCUT2D eigenvalue weighted by atomic mass is 79.9. The molecule has 0 N–H and O–H groups in total. The van der Waals surface area contributed by atoms with Crippen LogP contribution in [-0.2, 0) is 13.5 Å². The van der Waals surface area contributed by atoms with Crippen molar-refractivity contribution in [2.75, 3.05) is 0 Å². The number of benzene rings is 1. The molecule has 0 spiro atoms. The second kappa shape index (κ2) is 4.37. The number of hydrogen-bond donors (Lipinski definition) is 0. The molecule has 0 bridgehead atoms. The van der Waals surface area contributed by atoms with Gasteiger partial charge in [-0.05, 0) is 33.6 Å². The molecule has 0 amide bonds. The molecule has 0 aliphatic rings. The summed E-state index contributed by atoms with van der Waals surface area (Å²) in [7, 11) is 1.99. The van der Waals surface area contributed by atoms with Gasteiger partial charge in [-0.25, -0.2) is 4.98 Å². The van der Waals surface area contributed by atoms with E-state index in [4.69, 9.17) is 11.6 Å². The Kier molecular flexibility index (Phi) is 3.12. The topological polar surface area (TPSA) is 17.8 Å². The molecule has 1 aromatic heterocycles. The first-order chi connectivity index (χ1) is 7.16. The van der Waals surface area contributed by atoms with Gasteiger partial charge in [0.1, 0.15) is 4.60 Å². The largest absolute Gasteiger partial charge is 0.336 e. The van der Waals surface area contributed by atoms with Gasteiger partial charge in [0.25, 0.3) is 0 Å². The van der Waals surface area contributed by atoms with Gasteiger partial charge in [0, 0.05) is 18.5 Å². The molecule has 4 heteroatoms. The molecule has 2 aromatic rings. The lowest BCUT2D eigenvalue weighted by Crippen LogP contribution is -1.97. The van der Waals surface area contributed by atoms with Crippen molar-refractivity contribution >= 4 is 27.5 Å². The Hall–Kier alpha value is -0.800. The first-order valence-electron chi connectivity index (χ1n) is 4.57. The summed E-state index contributed by atoms with van der Waals surface area (Å²) in [6, 6.07) is 7.87. The average molecular weight is 286 g/mol. The van der Waals surface area contributed by atoms with Gasteiger partial charge in [0.15, 0.2) is 0 Å². The van der Waals surface area contributed by atoms with E-state index in [-0.39, 0.29) is 0 Å². The van der Waals surface area contributed by atoms with Crippen molar-refractivity contribution in [3.8, 4) is 0 Å². The molecule has 0 aliphatic heterocycles. The quantitative estimate of drug-likeness (QED) is 0.826. The Morgan fingerprint density at radius 3 is 2.53 bits per heavy atom. The highest BCUT2D eigenvalue weighted by Crippen LogP contribution is 2.18. The van der Waals surface area contributed by atoms with E-state index >= 15 is 0 Å². The van der Waals surface area contributed by atoms with Crippen molar-refractivity contribution in [3.63, 3.8) is 0 Å². The normalized spacial score (nSPS) is 10.6. The second-order valence-corrected chi connectivity index (χ2v) is 4.58. The zero-order valence-corrected chi connectivity index (χ0v) is 10.6. The zero-order chi connectivity index (χ0) is 10.8. The van der Waals surface area contributed by atoms with Gasteiger partial charge >= 0.3 is 0 Å². The first-order valence-corrected chi connectivity index (χ1v) is 5.74. The average Bonchev–Trinajstić information content (AvgIpc) is 2.53. The lowest BCUT2D eigenvalue weighted by atomic mass is 10.1. The van der Waals surface area contributed by atoms with Crippen LogP contribution in [-0.4, -0.2) is 9.55 Å². The maximum Gasteiger partial charge on any atom is 0.127 e. The van der Waals surface area contributed by atoms with Crippen LogP contribution in [0.3, 0.4) is 0 Å². The summed E-state index contributed by atoms with van der Waals surface area (Å²) in [6.07, 6.45) is 2.66. The SMILES string of the molecule is Cn1cnc(Br)c1Cc1ccc(Cl)cc1. The van der Waals surface area contributed by atoms with Crippen molar-refractivity contribution in [2.24, 2.45) is 7.05 Å². The van der Waals surface area contributed by atoms with Gasteiger partial charge < -0.3 is 4.57 Å². The minimum atomic E-state index is 0.767. The van der Waals surface area contributed by atoms with E-state index in [2.05, 4.69) is 20.9 Å². The summed E-state index contributed by atoms with van der Waals surface area (Å²) in [5.41, 5.74) is 2.39. The van der Waals surface area contributed by atoms with Crippen molar-refractivity contribution in [2.45, 2.75) is 6.42 Å². The highest BCUT2D eigenvalue weighted by Gasteiger charge is 2.06. The molecule has 78 valence electrons. The summed E-state index contributed by atoms with van der Waals surface area (Å²) < 4.78 is 2.92. The summed E-state index contributed by atoms with van der Waals surface area (Å²) >= 11 is 9.26. The lowest BCUT2D eigenvalue weighted by Gasteiger charge is -2.03. The van der Waals surface area contributed by atoms with Gasteiger partial charge in [0.05, 0.1) is 12.0 Å². The Morgan fingerprint density at radius 1 is 1.33 bits per heavy atom. The second-order valence-electron chi connectivity index (χ2n) is 3.40. The van der Waals surface area contributed by atoms with E-state index in [1.54, 1.807) is 6.33 Å². The molecule has 2 nitrogen and oxygen atoms in total. The van der Waals surface area contributed by atoms with Crippen LogP contribution in [0.4, 0.5) is 0 Å². The molecular formula is C11H10BrClN2. The van der Waals surface area contributed by atoms with E-state index in [9.17, 15) is 0 Å². The zero-order valence-electron chi connectivity index (χ0n) is 8.24. The van der Waals surface area contributed by atoms with Crippen molar-refractivity contribution < 1.29 is 0 Å². The molecule has 0 saturated carbocycles. The first kappa shape index (κ1) is 10.7. The standard InChI is InChI=1S/C11H10BrClN2/c1-15-7-14-11(12)10(15)6-8-2-4-9(13)5-3-8/h2-5,7H,6H2,1H3. The van der Waals surface area contributed by atoms with Crippen LogP contribution in [0.2, 0.25) is 5.02 Å². The van der Waals surface area contributed by atoms with Crippen molar-refractivity contribution in [1.29, 1.82) is 0 Å². The molecule has 0 atom stereocenters. The van der Waals surface area contributed by atoms with Crippen LogP contribution in [0.5, 0.6) is 0 Å². The van der Waals surface area contributed by atoms with Crippen LogP contribution in [0.25, 0.3) is 0 Å². The number of aromatic nitrogens is 2. The van der Waals surface area contributed by atoms with Crippen molar-refractivity contribution in [3.05, 3.63) is 51.5 Å². The molecule has 1 heterocycles. The van der Waals surface area contributed by atoms with Gasteiger partial charge in [-0.3, -0.25) is 0 Å². The molecule has 0 aliphatic carbocycles. The highest BCUT2D eigenvalue weighted by molar-refractivity contribution is 9.10. The van der Waals surface area contributed by atoms with Gasteiger partial charge in [-0.1, -0.05) is 23.7 Å². The third-order valence-electron chi connectivity index (χ3n) is 2.29. The third kappa shape index (κ3) is 2.41. The molecule has 0 radical (unpaired) electrons. The van der Waals surface area contributed by atoms with E-state index in [0.29, 0.717) is 0 Å². The summed E-state index contributed by atoms with van der Waals surface area (Å²) in [4.78, 5) is 4.18. The van der Waals surface area contributed by atoms with E-state index < -0.39 is 0 Å². The lowest BCUT2D eigenvalue weighted by molar-refractivity contribution is 0.843. The summed E-state index contributed by atoms with van der Waals surface area (Å²) in [6.45, 7) is 0. The van der Waals surface area contributed by atoms with Gasteiger partial charge in [0.2, 0.25) is 0 Å².